The molecule has 0 N–H and O–H groups in total. The maximum absolute atomic E-state index is 5.69. The van der Waals surface area contributed by atoms with Crippen LogP contribution in [0.15, 0.2) is 15.1 Å². The zero-order chi connectivity index (χ0) is 12.7. The standard InChI is InChI=1S/C11H14N6O2/c1-3-16-4-2-8(1)17(6-5-16)11-14-13-10(18-11)9-7-12-15-19-9/h7-8H,1-6H2. The van der Waals surface area contributed by atoms with E-state index in [4.69, 9.17) is 8.94 Å². The average molecular weight is 262 g/mol. The smallest absolute Gasteiger partial charge is 0.318 e. The fraction of sp³-hybridized carbons (Fsp3) is 0.636. The largest absolute Gasteiger partial charge is 0.400 e. The minimum absolute atomic E-state index is 0.333. The van der Waals surface area contributed by atoms with E-state index in [0.29, 0.717) is 23.7 Å². The van der Waals surface area contributed by atoms with E-state index in [1.165, 1.54) is 6.20 Å². The fourth-order valence-electron chi connectivity index (χ4n) is 2.83. The second-order valence-corrected chi connectivity index (χ2v) is 4.94. The molecule has 0 spiro atoms. The van der Waals surface area contributed by atoms with Gasteiger partial charge in [-0.2, -0.15) is 0 Å². The van der Waals surface area contributed by atoms with E-state index in [1.807, 2.05) is 0 Å². The Balaban J connectivity index is 1.62. The quantitative estimate of drug-likeness (QED) is 0.769. The van der Waals surface area contributed by atoms with Gasteiger partial charge in [0.25, 0.3) is 5.89 Å². The van der Waals surface area contributed by atoms with E-state index in [9.17, 15) is 0 Å². The van der Waals surface area contributed by atoms with Crippen LogP contribution in [0.4, 0.5) is 6.01 Å². The van der Waals surface area contributed by atoms with Gasteiger partial charge in [0.05, 0.1) is 0 Å². The maximum Gasteiger partial charge on any atom is 0.318 e. The molecule has 2 bridgehead atoms. The molecule has 0 unspecified atom stereocenters. The van der Waals surface area contributed by atoms with Crippen LogP contribution in [0.3, 0.4) is 0 Å². The highest BCUT2D eigenvalue weighted by Gasteiger charge is 2.32. The normalized spacial score (nSPS) is 26.6. The van der Waals surface area contributed by atoms with Crippen molar-refractivity contribution in [3.63, 3.8) is 0 Å². The first-order valence-corrected chi connectivity index (χ1v) is 6.50. The SMILES string of the molecule is c1nnoc1-c1nnc(N2CCN3CCC2CC3)o1. The van der Waals surface area contributed by atoms with E-state index in [0.717, 1.165) is 39.0 Å². The molecule has 100 valence electrons. The highest BCUT2D eigenvalue weighted by atomic mass is 16.5. The Kier molecular flexibility index (Phi) is 2.47. The summed E-state index contributed by atoms with van der Waals surface area (Å²) < 4.78 is 10.6. The van der Waals surface area contributed by atoms with Gasteiger partial charge in [0.15, 0.2) is 0 Å². The van der Waals surface area contributed by atoms with Crippen LogP contribution in [0.2, 0.25) is 0 Å². The van der Waals surface area contributed by atoms with Gasteiger partial charge in [0, 0.05) is 37.5 Å². The van der Waals surface area contributed by atoms with Crippen molar-refractivity contribution in [2.24, 2.45) is 0 Å². The summed E-state index contributed by atoms with van der Waals surface area (Å²) in [5.74, 6) is 0.737. The minimum Gasteiger partial charge on any atom is -0.400 e. The lowest BCUT2D eigenvalue weighted by Crippen LogP contribution is -2.38. The van der Waals surface area contributed by atoms with Gasteiger partial charge in [-0.15, -0.1) is 10.2 Å². The number of nitrogens with zero attached hydrogens (tertiary/aromatic N) is 6. The zero-order valence-electron chi connectivity index (χ0n) is 10.4. The molecule has 8 nitrogen and oxygen atoms in total. The van der Waals surface area contributed by atoms with Crippen LogP contribution >= 0.6 is 0 Å². The predicted molar refractivity (Wildman–Crippen MR) is 64.4 cm³/mol. The van der Waals surface area contributed by atoms with Crippen LogP contribution in [-0.2, 0) is 0 Å². The Labute approximate surface area is 109 Å². The second-order valence-electron chi connectivity index (χ2n) is 4.94. The van der Waals surface area contributed by atoms with Gasteiger partial charge in [0.2, 0.25) is 5.76 Å². The third-order valence-corrected chi connectivity index (χ3v) is 3.89. The van der Waals surface area contributed by atoms with Crippen molar-refractivity contribution in [2.75, 3.05) is 31.1 Å². The Bertz CT molecular complexity index is 545. The lowest BCUT2D eigenvalue weighted by atomic mass is 10.1. The van der Waals surface area contributed by atoms with Gasteiger partial charge in [0.1, 0.15) is 6.20 Å². The molecular formula is C11H14N6O2. The highest BCUT2D eigenvalue weighted by Crippen LogP contribution is 2.27. The summed E-state index contributed by atoms with van der Waals surface area (Å²) in [6.07, 6.45) is 3.78. The number of hydrogen-bond acceptors (Lipinski definition) is 8. The van der Waals surface area contributed by atoms with Crippen molar-refractivity contribution < 1.29 is 8.94 Å². The fourth-order valence-corrected chi connectivity index (χ4v) is 2.83. The maximum atomic E-state index is 5.69. The molecule has 0 radical (unpaired) electrons. The zero-order valence-corrected chi connectivity index (χ0v) is 10.4. The number of rotatable bonds is 2. The molecule has 3 fully saturated rings. The van der Waals surface area contributed by atoms with Gasteiger partial charge < -0.3 is 18.7 Å². The van der Waals surface area contributed by atoms with Crippen LogP contribution in [-0.4, -0.2) is 57.7 Å². The Morgan fingerprint density at radius 1 is 1.11 bits per heavy atom. The minimum atomic E-state index is 0.333. The number of aromatic nitrogens is 4. The summed E-state index contributed by atoms with van der Waals surface area (Å²) in [4.78, 5) is 4.70. The highest BCUT2D eigenvalue weighted by molar-refractivity contribution is 5.43. The first-order chi connectivity index (χ1) is 9.40. The van der Waals surface area contributed by atoms with Gasteiger partial charge in [-0.25, -0.2) is 0 Å². The number of anilines is 1. The molecule has 2 aromatic heterocycles. The second kappa shape index (κ2) is 4.30. The molecule has 0 atom stereocenters. The van der Waals surface area contributed by atoms with Crippen molar-refractivity contribution in [1.29, 1.82) is 0 Å². The van der Waals surface area contributed by atoms with E-state index >= 15 is 0 Å². The topological polar surface area (TPSA) is 84.3 Å². The van der Waals surface area contributed by atoms with Crippen LogP contribution in [0.1, 0.15) is 12.8 Å². The molecule has 2 aromatic rings. The lowest BCUT2D eigenvalue weighted by Gasteiger charge is -2.29. The predicted octanol–water partition coefficient (Wildman–Crippen LogP) is 0.404. The van der Waals surface area contributed by atoms with Crippen LogP contribution in [0, 0.1) is 0 Å². The van der Waals surface area contributed by atoms with E-state index in [2.05, 4.69) is 30.4 Å². The van der Waals surface area contributed by atoms with Crippen molar-refractivity contribution >= 4 is 6.01 Å². The molecule has 5 heterocycles. The third-order valence-electron chi connectivity index (χ3n) is 3.89. The molecule has 3 saturated heterocycles. The van der Waals surface area contributed by atoms with E-state index in [1.54, 1.807) is 0 Å². The molecule has 0 amide bonds. The first-order valence-electron chi connectivity index (χ1n) is 6.50. The number of hydrogen-bond donors (Lipinski definition) is 0. The third kappa shape index (κ3) is 1.88. The van der Waals surface area contributed by atoms with Gasteiger partial charge in [-0.3, -0.25) is 0 Å². The van der Waals surface area contributed by atoms with Crippen molar-refractivity contribution in [3.05, 3.63) is 6.20 Å². The summed E-state index contributed by atoms with van der Waals surface area (Å²) in [6, 6.07) is 1.07. The summed E-state index contributed by atoms with van der Waals surface area (Å²) >= 11 is 0. The molecule has 3 aliphatic heterocycles. The Morgan fingerprint density at radius 2 is 2.00 bits per heavy atom. The summed E-state index contributed by atoms with van der Waals surface area (Å²) in [5, 5.41) is 15.1. The Hall–Kier alpha value is -1.96. The molecular weight excluding hydrogens is 248 g/mol. The van der Waals surface area contributed by atoms with Crippen molar-refractivity contribution in [1.82, 2.24) is 25.5 Å². The number of fused-ring (bicyclic) bond motifs is 4. The van der Waals surface area contributed by atoms with Gasteiger partial charge in [-0.1, -0.05) is 5.10 Å². The molecule has 3 aliphatic rings. The van der Waals surface area contributed by atoms with Crippen LogP contribution < -0.4 is 4.90 Å². The van der Waals surface area contributed by atoms with Crippen LogP contribution in [0.5, 0.6) is 0 Å². The molecule has 19 heavy (non-hydrogen) atoms. The number of piperidine rings is 1. The Morgan fingerprint density at radius 3 is 2.79 bits per heavy atom. The summed E-state index contributed by atoms with van der Waals surface area (Å²) in [7, 11) is 0. The molecule has 0 aromatic carbocycles. The monoisotopic (exact) mass is 262 g/mol. The lowest BCUT2D eigenvalue weighted by molar-refractivity contribution is 0.249. The molecule has 0 saturated carbocycles. The van der Waals surface area contributed by atoms with E-state index in [-0.39, 0.29) is 0 Å². The van der Waals surface area contributed by atoms with E-state index < -0.39 is 0 Å². The van der Waals surface area contributed by atoms with Crippen LogP contribution in [0.25, 0.3) is 11.7 Å². The molecule has 8 heteroatoms. The average Bonchev–Trinajstić information content (AvgIpc) is 3.05. The van der Waals surface area contributed by atoms with Gasteiger partial charge >= 0.3 is 6.01 Å². The summed E-state index contributed by atoms with van der Waals surface area (Å²) in [6.45, 7) is 4.31. The molecule has 5 rings (SSSR count). The molecule has 0 aliphatic carbocycles. The summed E-state index contributed by atoms with van der Waals surface area (Å²) in [5.41, 5.74) is 0. The van der Waals surface area contributed by atoms with Crippen molar-refractivity contribution in [3.8, 4) is 11.7 Å². The van der Waals surface area contributed by atoms with Gasteiger partial charge in [-0.05, 0) is 12.8 Å². The van der Waals surface area contributed by atoms with Crippen molar-refractivity contribution in [2.45, 2.75) is 18.9 Å². The first kappa shape index (κ1) is 10.9.